The van der Waals surface area contributed by atoms with Gasteiger partial charge in [-0.1, -0.05) is 17.5 Å². The van der Waals surface area contributed by atoms with Gasteiger partial charge in [0.25, 0.3) is 0 Å². The van der Waals surface area contributed by atoms with E-state index in [4.69, 9.17) is 23.8 Å². The van der Waals surface area contributed by atoms with Crippen LogP contribution in [0.15, 0.2) is 48.9 Å². The molecule has 14 nitrogen and oxygen atoms in total. The van der Waals surface area contributed by atoms with E-state index in [-0.39, 0.29) is 28.4 Å². The molecular weight excluding hydrogens is 564 g/mol. The number of carbonyl (C=O) groups is 2. The molecule has 2 amide bonds. The summed E-state index contributed by atoms with van der Waals surface area (Å²) in [5.74, 6) is 1.32. The predicted octanol–water partition coefficient (Wildman–Crippen LogP) is 2.92. The normalized spacial score (nSPS) is 11.4. The number of carbonyl (C=O) groups excluding carboxylic acids is 2. The number of nitrogens with two attached hydrogens (primary N) is 1. The van der Waals surface area contributed by atoms with Crippen LogP contribution >= 0.6 is 11.6 Å². The molecule has 0 aliphatic rings. The number of nitrogens with zero attached hydrogens (tertiary/aromatic N) is 7. The second-order valence-electron chi connectivity index (χ2n) is 9.83. The molecule has 4 N–H and O–H groups in total. The highest BCUT2D eigenvalue weighted by Gasteiger charge is 2.32. The minimum atomic E-state index is -0.867. The van der Waals surface area contributed by atoms with Crippen molar-refractivity contribution in [1.29, 1.82) is 0 Å². The largest absolute Gasteiger partial charge is 0.391 e. The van der Waals surface area contributed by atoms with Gasteiger partial charge in [0.2, 0.25) is 5.91 Å². The molecule has 0 fully saturated rings. The maximum absolute atomic E-state index is 12.7. The number of quaternary nitrogens is 1. The number of rotatable bonds is 10. The number of nitrogens with one attached hydrogen (secondary N) is 2. The number of halogens is 1. The number of hydrogen-bond donors (Lipinski definition) is 3. The highest BCUT2D eigenvalue weighted by atomic mass is 35.5. The number of nitro groups is 1. The van der Waals surface area contributed by atoms with Crippen LogP contribution in [-0.2, 0) is 18.4 Å². The molecule has 1 aromatic carbocycles. The Hall–Kier alpha value is -5.39. The molecule has 3 heterocycles. The smallest absolute Gasteiger partial charge is 0.361 e. The Kier molecular flexibility index (Phi) is 8.46. The number of anilines is 3. The van der Waals surface area contributed by atoms with Crippen LogP contribution in [0.2, 0.25) is 5.02 Å². The van der Waals surface area contributed by atoms with Gasteiger partial charge in [0.15, 0.2) is 5.69 Å². The lowest BCUT2D eigenvalue weighted by molar-refractivity contribution is -0.898. The molecular formula is C27H26ClN10O4+. The summed E-state index contributed by atoms with van der Waals surface area (Å²) in [5, 5.41) is 18.4. The van der Waals surface area contributed by atoms with Crippen molar-refractivity contribution in [3.05, 3.63) is 81.2 Å². The molecule has 3 aromatic heterocycles. The van der Waals surface area contributed by atoms with Gasteiger partial charge in [-0.15, -0.1) is 6.42 Å². The molecule has 214 valence electrons. The zero-order valence-corrected chi connectivity index (χ0v) is 23.6. The third-order valence-electron chi connectivity index (χ3n) is 6.19. The molecule has 0 saturated heterocycles. The van der Waals surface area contributed by atoms with Crippen molar-refractivity contribution >= 4 is 57.5 Å². The highest BCUT2D eigenvalue weighted by Crippen LogP contribution is 2.27. The Morgan fingerprint density at radius 1 is 1.26 bits per heavy atom. The second kappa shape index (κ2) is 12.0. The average Bonchev–Trinajstić information content (AvgIpc) is 3.25. The number of fused-ring (bicyclic) bond motifs is 1. The van der Waals surface area contributed by atoms with Crippen molar-refractivity contribution in [3.63, 3.8) is 0 Å². The summed E-state index contributed by atoms with van der Waals surface area (Å²) in [5.41, 5.74) is 7.27. The number of benzene rings is 1. The summed E-state index contributed by atoms with van der Waals surface area (Å²) in [6.45, 7) is 0.479. The fourth-order valence-corrected chi connectivity index (χ4v) is 4.29. The number of imidazole rings is 1. The minimum absolute atomic E-state index is 0.150. The molecule has 0 spiro atoms. The van der Waals surface area contributed by atoms with E-state index in [1.54, 1.807) is 30.3 Å². The second-order valence-corrected chi connectivity index (χ2v) is 10.2. The predicted molar refractivity (Wildman–Crippen MR) is 157 cm³/mol. The van der Waals surface area contributed by atoms with Gasteiger partial charge in [0.1, 0.15) is 24.5 Å². The number of amides is 2. The van der Waals surface area contributed by atoms with E-state index in [2.05, 4.69) is 36.5 Å². The van der Waals surface area contributed by atoms with Crippen molar-refractivity contribution < 1.29 is 19.0 Å². The molecule has 0 atom stereocenters. The molecule has 0 aliphatic heterocycles. The fraction of sp³-hybridized carbons (Fsp3) is 0.185. The van der Waals surface area contributed by atoms with Gasteiger partial charge in [-0.3, -0.25) is 14.2 Å². The Morgan fingerprint density at radius 2 is 2.02 bits per heavy atom. The van der Waals surface area contributed by atoms with Crippen molar-refractivity contribution in [3.8, 4) is 12.3 Å². The Labute approximate surface area is 245 Å². The molecule has 0 aliphatic carbocycles. The van der Waals surface area contributed by atoms with E-state index in [1.165, 1.54) is 30.2 Å². The van der Waals surface area contributed by atoms with Crippen LogP contribution < -0.4 is 16.4 Å². The summed E-state index contributed by atoms with van der Waals surface area (Å²) in [7, 11) is 5.12. The molecule has 0 unspecified atom stereocenters. The van der Waals surface area contributed by atoms with E-state index >= 15 is 0 Å². The minimum Gasteiger partial charge on any atom is -0.361 e. The SMILES string of the molecule is C#Cc1cc(Nc2ncnc3cnc(NC(=O)/C=C/C[N+](C)(C)Cc4c([N+](=O)[O-])nc(C(N)=O)n4C)cc23)ccc1Cl. The fourth-order valence-electron chi connectivity index (χ4n) is 4.12. The number of likely N-dealkylation sites (N-methyl/N-ethyl adjacent to an activating group) is 1. The van der Waals surface area contributed by atoms with E-state index in [9.17, 15) is 19.7 Å². The summed E-state index contributed by atoms with van der Waals surface area (Å²) in [4.78, 5) is 51.7. The van der Waals surface area contributed by atoms with Crippen molar-refractivity contribution in [1.82, 2.24) is 24.5 Å². The molecule has 0 bridgehead atoms. The molecule has 0 saturated carbocycles. The van der Waals surface area contributed by atoms with Gasteiger partial charge in [0, 0.05) is 29.8 Å². The van der Waals surface area contributed by atoms with Gasteiger partial charge in [-0.2, -0.15) is 0 Å². The molecule has 15 heteroatoms. The Bertz CT molecular complexity index is 1790. The quantitative estimate of drug-likeness (QED) is 0.0822. The van der Waals surface area contributed by atoms with E-state index in [0.717, 1.165) is 0 Å². The summed E-state index contributed by atoms with van der Waals surface area (Å²) < 4.78 is 1.53. The zero-order valence-electron chi connectivity index (χ0n) is 22.8. The molecule has 0 radical (unpaired) electrons. The standard InChI is InChI=1S/C27H25ClN10O4/c1-5-16-11-17(8-9-19(16)28)33-25-18-12-22(30-13-20(18)31-15-32-25)34-23(39)7-6-10-38(3,4)14-21-26(37(41)42)35-27(24(29)40)36(21)2/h1,6-9,11-13,15H,10,14H2,2-4H3,(H3-,29,30,31,32,33,34,35,39,40)/p+1/b7-6+. The first kappa shape index (κ1) is 29.6. The maximum atomic E-state index is 12.7. The van der Waals surface area contributed by atoms with Gasteiger partial charge in [-0.25, -0.2) is 15.0 Å². The highest BCUT2D eigenvalue weighted by molar-refractivity contribution is 6.31. The third kappa shape index (κ3) is 6.66. The number of terminal acetylenes is 1. The third-order valence-corrected chi connectivity index (χ3v) is 6.52. The van der Waals surface area contributed by atoms with Crippen molar-refractivity contribution in [2.24, 2.45) is 12.8 Å². The number of primary amides is 1. The van der Waals surface area contributed by atoms with Crippen LogP contribution in [-0.4, -0.2) is 66.4 Å². The van der Waals surface area contributed by atoms with Crippen molar-refractivity contribution in [2.75, 3.05) is 31.3 Å². The van der Waals surface area contributed by atoms with Gasteiger partial charge < -0.3 is 31.0 Å². The first-order chi connectivity index (χ1) is 19.9. The summed E-state index contributed by atoms with van der Waals surface area (Å²) >= 11 is 6.10. The van der Waals surface area contributed by atoms with Gasteiger partial charge in [0.05, 0.1) is 37.4 Å². The molecule has 4 aromatic rings. The number of pyridine rings is 1. The topological polar surface area (TPSA) is 184 Å². The number of hydrogen-bond acceptors (Lipinski definition) is 9. The van der Waals surface area contributed by atoms with Gasteiger partial charge in [-0.05, 0) is 40.2 Å². The first-order valence-corrected chi connectivity index (χ1v) is 12.7. The lowest BCUT2D eigenvalue weighted by Gasteiger charge is -2.28. The molecule has 4 rings (SSSR count). The average molecular weight is 590 g/mol. The number of aromatic nitrogens is 5. The first-order valence-electron chi connectivity index (χ1n) is 12.3. The monoisotopic (exact) mass is 589 g/mol. The molecule has 42 heavy (non-hydrogen) atoms. The van der Waals surface area contributed by atoms with E-state index in [1.807, 2.05) is 14.1 Å². The maximum Gasteiger partial charge on any atom is 0.391 e. The summed E-state index contributed by atoms with van der Waals surface area (Å²) in [6, 6.07) is 6.79. The van der Waals surface area contributed by atoms with Crippen LogP contribution in [0, 0.1) is 22.5 Å². The van der Waals surface area contributed by atoms with Crippen molar-refractivity contribution in [2.45, 2.75) is 6.54 Å². The Morgan fingerprint density at radius 3 is 2.71 bits per heavy atom. The van der Waals surface area contributed by atoms with Crippen LogP contribution in [0.1, 0.15) is 21.9 Å². The summed E-state index contributed by atoms with van der Waals surface area (Å²) in [6.07, 6.45) is 11.4. The van der Waals surface area contributed by atoms with Crippen LogP contribution in [0.25, 0.3) is 10.9 Å². The van der Waals surface area contributed by atoms with Gasteiger partial charge >= 0.3 is 17.5 Å². The van der Waals surface area contributed by atoms with E-state index in [0.29, 0.717) is 39.5 Å². The van der Waals surface area contributed by atoms with E-state index < -0.39 is 22.6 Å². The lowest BCUT2D eigenvalue weighted by Crippen LogP contribution is -2.39. The Balaban J connectivity index is 1.46. The lowest BCUT2D eigenvalue weighted by atomic mass is 10.2. The van der Waals surface area contributed by atoms with Crippen LogP contribution in [0.5, 0.6) is 0 Å². The van der Waals surface area contributed by atoms with Crippen LogP contribution in [0.3, 0.4) is 0 Å². The zero-order chi connectivity index (χ0) is 30.6. The van der Waals surface area contributed by atoms with Crippen LogP contribution in [0.4, 0.5) is 23.1 Å².